The number of allylic oxidation sites excluding steroid dienone is 1. The molecular weight excluding hydrogens is 390 g/mol. The van der Waals surface area contributed by atoms with E-state index in [1.807, 2.05) is 29.7 Å². The maximum atomic E-state index is 12.0. The molecule has 0 atom stereocenters. The third kappa shape index (κ3) is 3.71. The molecule has 0 spiro atoms. The van der Waals surface area contributed by atoms with E-state index in [1.54, 1.807) is 25.5 Å². The number of fused-ring (bicyclic) bond motifs is 1. The van der Waals surface area contributed by atoms with Crippen LogP contribution in [0.1, 0.15) is 11.3 Å². The lowest BCUT2D eigenvalue weighted by Crippen LogP contribution is -2.02. The van der Waals surface area contributed by atoms with Crippen molar-refractivity contribution < 1.29 is 13.6 Å². The van der Waals surface area contributed by atoms with Gasteiger partial charge in [0.25, 0.3) is 0 Å². The molecule has 4 rings (SSSR count). The summed E-state index contributed by atoms with van der Waals surface area (Å²) < 4.78 is 17.9. The van der Waals surface area contributed by atoms with E-state index in [0.29, 0.717) is 23.6 Å². The van der Waals surface area contributed by atoms with Crippen LogP contribution in [0.15, 0.2) is 68.0 Å². The Morgan fingerprint density at radius 3 is 2.86 bits per heavy atom. The lowest BCUT2D eigenvalue weighted by atomic mass is 10.1. The van der Waals surface area contributed by atoms with Gasteiger partial charge in [-0.3, -0.25) is 4.57 Å². The molecule has 0 aliphatic rings. The molecule has 0 N–H and O–H groups in total. The first-order chi connectivity index (χ1) is 14.1. The Labute approximate surface area is 171 Å². The average molecular weight is 409 g/mol. The number of benzene rings is 1. The predicted molar refractivity (Wildman–Crippen MR) is 111 cm³/mol. The molecule has 1 aromatic carbocycles. The van der Waals surface area contributed by atoms with Crippen LogP contribution in [0.4, 0.5) is 0 Å². The molecule has 0 aliphatic heterocycles. The highest BCUT2D eigenvalue weighted by molar-refractivity contribution is 7.98. The van der Waals surface area contributed by atoms with Gasteiger partial charge < -0.3 is 13.6 Å². The van der Waals surface area contributed by atoms with E-state index in [2.05, 4.69) is 16.8 Å². The lowest BCUT2D eigenvalue weighted by molar-refractivity contribution is 0.414. The third-order valence-electron chi connectivity index (χ3n) is 4.52. The Hall–Kier alpha value is -3.26. The molecule has 4 aromatic rings. The van der Waals surface area contributed by atoms with Crippen molar-refractivity contribution in [3.8, 4) is 17.1 Å². The van der Waals surface area contributed by atoms with Crippen LogP contribution in [0, 0.1) is 6.92 Å². The molecule has 0 unspecified atom stereocenters. The van der Waals surface area contributed by atoms with Crippen LogP contribution in [-0.4, -0.2) is 21.9 Å². The Morgan fingerprint density at radius 1 is 1.28 bits per heavy atom. The highest BCUT2D eigenvalue weighted by Crippen LogP contribution is 2.31. The fraction of sp³-hybridized carbons (Fsp3) is 0.190. The van der Waals surface area contributed by atoms with Crippen LogP contribution in [-0.2, 0) is 12.3 Å². The number of hydrogen-bond donors (Lipinski definition) is 0. The first-order valence-electron chi connectivity index (χ1n) is 8.93. The Bertz CT molecular complexity index is 1240. The zero-order chi connectivity index (χ0) is 20.4. The van der Waals surface area contributed by atoms with Gasteiger partial charge in [-0.15, -0.1) is 16.8 Å². The average Bonchev–Trinajstić information content (AvgIpc) is 3.31. The van der Waals surface area contributed by atoms with Crippen molar-refractivity contribution in [1.29, 1.82) is 0 Å². The molecule has 0 radical (unpaired) electrons. The van der Waals surface area contributed by atoms with Crippen LogP contribution >= 0.6 is 11.8 Å². The van der Waals surface area contributed by atoms with Crippen LogP contribution in [0.3, 0.4) is 0 Å². The van der Waals surface area contributed by atoms with Crippen molar-refractivity contribution in [1.82, 2.24) is 14.8 Å². The fourth-order valence-corrected chi connectivity index (χ4v) is 4.04. The van der Waals surface area contributed by atoms with Crippen LogP contribution in [0.2, 0.25) is 0 Å². The smallest absolute Gasteiger partial charge is 0.336 e. The van der Waals surface area contributed by atoms with Crippen molar-refractivity contribution in [2.24, 2.45) is 0 Å². The van der Waals surface area contributed by atoms with Crippen LogP contribution in [0.5, 0.6) is 5.75 Å². The van der Waals surface area contributed by atoms with Crippen LogP contribution < -0.4 is 10.4 Å². The molecule has 0 amide bonds. The topological polar surface area (TPSA) is 83.3 Å². The largest absolute Gasteiger partial charge is 0.497 e. The number of rotatable bonds is 7. The molecule has 3 aromatic heterocycles. The van der Waals surface area contributed by atoms with Gasteiger partial charge in [0.05, 0.1) is 18.9 Å². The van der Waals surface area contributed by atoms with E-state index in [-0.39, 0.29) is 0 Å². The Kier molecular flexibility index (Phi) is 5.26. The van der Waals surface area contributed by atoms with Crippen molar-refractivity contribution in [3.05, 3.63) is 71.0 Å². The minimum absolute atomic E-state index is 0.399. The number of furan rings is 1. The first kappa shape index (κ1) is 19.1. The highest BCUT2D eigenvalue weighted by Gasteiger charge is 2.17. The molecule has 3 heterocycles. The molecule has 148 valence electrons. The number of ether oxygens (including phenoxy) is 1. The van der Waals surface area contributed by atoms with E-state index >= 15 is 0 Å². The zero-order valence-electron chi connectivity index (χ0n) is 16.0. The summed E-state index contributed by atoms with van der Waals surface area (Å²) in [4.78, 5) is 12.0. The summed E-state index contributed by atoms with van der Waals surface area (Å²) in [5.74, 6) is 2.67. The summed E-state index contributed by atoms with van der Waals surface area (Å²) >= 11 is 1.50. The summed E-state index contributed by atoms with van der Waals surface area (Å²) in [5, 5.41) is 10.3. The molecule has 0 fully saturated rings. The number of thioether (sulfide) groups is 1. The number of nitrogens with zero attached hydrogens (tertiary/aromatic N) is 3. The lowest BCUT2D eigenvalue weighted by Gasteiger charge is -2.09. The zero-order valence-corrected chi connectivity index (χ0v) is 16.9. The predicted octanol–water partition coefficient (Wildman–Crippen LogP) is 4.44. The molecule has 8 heteroatoms. The summed E-state index contributed by atoms with van der Waals surface area (Å²) in [6.07, 6.45) is 3.43. The Morgan fingerprint density at radius 2 is 2.14 bits per heavy atom. The number of aromatic nitrogens is 3. The Balaban J connectivity index is 1.68. The molecule has 7 nitrogen and oxygen atoms in total. The minimum Gasteiger partial charge on any atom is -0.497 e. The summed E-state index contributed by atoms with van der Waals surface area (Å²) in [5.41, 5.74) is 1.85. The van der Waals surface area contributed by atoms with Gasteiger partial charge in [-0.25, -0.2) is 4.79 Å². The van der Waals surface area contributed by atoms with Gasteiger partial charge >= 0.3 is 5.63 Å². The summed E-state index contributed by atoms with van der Waals surface area (Å²) in [7, 11) is 1.57. The molecule has 0 saturated heterocycles. The SMILES string of the molecule is C=CCn1c(SCc2cc(=O)oc3cc(OC)ccc23)nnc1-c1ccoc1C. The van der Waals surface area contributed by atoms with Gasteiger partial charge in [-0.2, -0.15) is 0 Å². The van der Waals surface area contributed by atoms with Gasteiger partial charge in [0.1, 0.15) is 17.1 Å². The summed E-state index contributed by atoms with van der Waals surface area (Å²) in [6.45, 7) is 6.28. The number of methoxy groups -OCH3 is 1. The second kappa shape index (κ2) is 8.00. The second-order valence-corrected chi connectivity index (χ2v) is 7.28. The second-order valence-electron chi connectivity index (χ2n) is 6.34. The number of hydrogen-bond acceptors (Lipinski definition) is 7. The standard InChI is InChI=1S/C21H19N3O4S/c1-4-8-24-20(16-7-9-27-13(16)2)22-23-21(24)29-12-14-10-19(25)28-18-11-15(26-3)5-6-17(14)18/h4-7,9-11H,1,8,12H2,2-3H3. The van der Waals surface area contributed by atoms with Crippen molar-refractivity contribution >= 4 is 22.7 Å². The molecule has 0 saturated carbocycles. The molecular formula is C21H19N3O4S. The van der Waals surface area contributed by atoms with E-state index in [9.17, 15) is 4.79 Å². The monoisotopic (exact) mass is 409 g/mol. The number of aryl methyl sites for hydroxylation is 1. The third-order valence-corrected chi connectivity index (χ3v) is 5.54. The molecule has 0 aliphatic carbocycles. The van der Waals surface area contributed by atoms with Gasteiger partial charge in [0.15, 0.2) is 11.0 Å². The quantitative estimate of drug-likeness (QED) is 0.253. The molecule has 29 heavy (non-hydrogen) atoms. The van der Waals surface area contributed by atoms with Gasteiger partial charge in [0.2, 0.25) is 0 Å². The highest BCUT2D eigenvalue weighted by atomic mass is 32.2. The molecule has 0 bridgehead atoms. The normalized spacial score (nSPS) is 11.1. The minimum atomic E-state index is -0.399. The van der Waals surface area contributed by atoms with E-state index < -0.39 is 5.63 Å². The van der Waals surface area contributed by atoms with Crippen molar-refractivity contribution in [2.45, 2.75) is 24.4 Å². The first-order valence-corrected chi connectivity index (χ1v) is 9.91. The van der Waals surface area contributed by atoms with E-state index in [0.717, 1.165) is 33.3 Å². The van der Waals surface area contributed by atoms with E-state index in [4.69, 9.17) is 13.6 Å². The summed E-state index contributed by atoms with van der Waals surface area (Å²) in [6, 6.07) is 8.83. The maximum Gasteiger partial charge on any atom is 0.336 e. The van der Waals surface area contributed by atoms with E-state index in [1.165, 1.54) is 17.8 Å². The van der Waals surface area contributed by atoms with Gasteiger partial charge in [-0.1, -0.05) is 17.8 Å². The van der Waals surface area contributed by atoms with Gasteiger partial charge in [0, 0.05) is 29.8 Å². The fourth-order valence-electron chi connectivity index (χ4n) is 3.10. The van der Waals surface area contributed by atoms with Gasteiger partial charge in [-0.05, 0) is 30.7 Å². The van der Waals surface area contributed by atoms with Crippen LogP contribution in [0.25, 0.3) is 22.4 Å². The maximum absolute atomic E-state index is 12.0. The van der Waals surface area contributed by atoms with Crippen molar-refractivity contribution in [3.63, 3.8) is 0 Å². The van der Waals surface area contributed by atoms with Crippen molar-refractivity contribution in [2.75, 3.05) is 7.11 Å².